The van der Waals surface area contributed by atoms with E-state index in [4.69, 9.17) is 0 Å². The number of rotatable bonds is 4. The van der Waals surface area contributed by atoms with Crippen molar-refractivity contribution >= 4 is 23.2 Å². The lowest BCUT2D eigenvalue weighted by molar-refractivity contribution is 0.101. The number of nitrogens with one attached hydrogen (secondary N) is 2. The van der Waals surface area contributed by atoms with Gasteiger partial charge in [-0.1, -0.05) is 12.1 Å². The quantitative estimate of drug-likeness (QED) is 0.839. The van der Waals surface area contributed by atoms with E-state index >= 15 is 0 Å². The highest BCUT2D eigenvalue weighted by atomic mass is 16.1. The second-order valence-electron chi connectivity index (χ2n) is 5.90. The number of Topliss-reactive ketones (excluding diaryl/α,β-unsaturated/α-hetero) is 1. The van der Waals surface area contributed by atoms with Crippen LogP contribution in [0.5, 0.6) is 0 Å². The molecule has 1 aromatic heterocycles. The van der Waals surface area contributed by atoms with E-state index in [2.05, 4.69) is 41.4 Å². The van der Waals surface area contributed by atoms with Gasteiger partial charge in [-0.25, -0.2) is 4.98 Å². The summed E-state index contributed by atoms with van der Waals surface area (Å²) in [4.78, 5) is 20.0. The number of hydrogen-bond acceptors (Lipinski definition) is 5. The molecule has 5 heteroatoms. The molecule has 21 heavy (non-hydrogen) atoms. The summed E-state index contributed by atoms with van der Waals surface area (Å²) in [6.07, 6.45) is 1.69. The van der Waals surface area contributed by atoms with Crippen molar-refractivity contribution in [3.05, 3.63) is 42.1 Å². The number of benzene rings is 1. The molecule has 0 saturated heterocycles. The normalized spacial score (nSPS) is 11.0. The fraction of sp³-hybridized carbons (Fsp3) is 0.312. The first-order valence-corrected chi connectivity index (χ1v) is 6.83. The van der Waals surface area contributed by atoms with Gasteiger partial charge >= 0.3 is 0 Å². The molecule has 0 aliphatic rings. The van der Waals surface area contributed by atoms with Gasteiger partial charge in [0.25, 0.3) is 0 Å². The predicted molar refractivity (Wildman–Crippen MR) is 85.1 cm³/mol. The molecule has 110 valence electrons. The minimum Gasteiger partial charge on any atom is -0.365 e. The number of nitrogens with zero attached hydrogens (tertiary/aromatic N) is 2. The highest BCUT2D eigenvalue weighted by molar-refractivity contribution is 5.95. The minimum atomic E-state index is -0.0693. The summed E-state index contributed by atoms with van der Waals surface area (Å²) in [5, 5.41) is 6.40. The summed E-state index contributed by atoms with van der Waals surface area (Å²) >= 11 is 0. The van der Waals surface area contributed by atoms with Crippen molar-refractivity contribution in [2.24, 2.45) is 0 Å². The molecule has 0 saturated carbocycles. The lowest BCUT2D eigenvalue weighted by Gasteiger charge is -2.21. The van der Waals surface area contributed by atoms with E-state index < -0.39 is 0 Å². The van der Waals surface area contributed by atoms with Gasteiger partial charge in [0.05, 0.1) is 0 Å². The molecule has 0 fully saturated rings. The second-order valence-corrected chi connectivity index (χ2v) is 5.90. The van der Waals surface area contributed by atoms with Crippen LogP contribution in [-0.4, -0.2) is 21.3 Å². The first-order chi connectivity index (χ1) is 9.83. The van der Waals surface area contributed by atoms with E-state index in [0.717, 1.165) is 11.5 Å². The van der Waals surface area contributed by atoms with E-state index in [1.54, 1.807) is 25.3 Å². The monoisotopic (exact) mass is 284 g/mol. The molecular formula is C16H20N4O. The Morgan fingerprint density at radius 3 is 2.62 bits per heavy atom. The van der Waals surface area contributed by atoms with Crippen molar-refractivity contribution in [1.82, 2.24) is 9.97 Å². The molecule has 5 nitrogen and oxygen atoms in total. The van der Waals surface area contributed by atoms with Crippen LogP contribution >= 0.6 is 0 Å². The molecule has 0 amide bonds. The van der Waals surface area contributed by atoms with Crippen LogP contribution in [0.4, 0.5) is 17.5 Å². The van der Waals surface area contributed by atoms with Crippen LogP contribution in [0.25, 0.3) is 0 Å². The van der Waals surface area contributed by atoms with E-state index in [-0.39, 0.29) is 11.3 Å². The summed E-state index contributed by atoms with van der Waals surface area (Å²) in [5.74, 6) is 1.27. The fourth-order valence-electron chi connectivity index (χ4n) is 1.82. The molecule has 1 heterocycles. The number of carbonyl (C=O) groups is 1. The summed E-state index contributed by atoms with van der Waals surface area (Å²) in [6, 6.07) is 9.10. The van der Waals surface area contributed by atoms with E-state index in [1.165, 1.54) is 0 Å². The molecule has 2 aromatic rings. The van der Waals surface area contributed by atoms with Gasteiger partial charge in [-0.3, -0.25) is 4.79 Å². The maximum Gasteiger partial charge on any atom is 0.229 e. The zero-order chi connectivity index (χ0) is 15.5. The molecule has 0 unspecified atom stereocenters. The van der Waals surface area contributed by atoms with Gasteiger partial charge in [-0.2, -0.15) is 4.98 Å². The Labute approximate surface area is 124 Å². The van der Waals surface area contributed by atoms with Gasteiger partial charge in [-0.15, -0.1) is 0 Å². The maximum absolute atomic E-state index is 11.4. The number of aromatic nitrogens is 2. The van der Waals surface area contributed by atoms with Gasteiger partial charge in [0.2, 0.25) is 5.95 Å². The van der Waals surface area contributed by atoms with E-state index in [0.29, 0.717) is 11.5 Å². The number of hydrogen-bond donors (Lipinski definition) is 2. The third kappa shape index (κ3) is 4.56. The minimum absolute atomic E-state index is 0.0303. The molecule has 0 atom stereocenters. The number of ketones is 1. The van der Waals surface area contributed by atoms with Crippen LogP contribution in [0, 0.1) is 0 Å². The average molecular weight is 284 g/mol. The molecule has 2 N–H and O–H groups in total. The highest BCUT2D eigenvalue weighted by Crippen LogP contribution is 2.17. The largest absolute Gasteiger partial charge is 0.365 e. The van der Waals surface area contributed by atoms with E-state index in [1.807, 2.05) is 18.2 Å². The van der Waals surface area contributed by atoms with Crippen LogP contribution < -0.4 is 10.6 Å². The first-order valence-electron chi connectivity index (χ1n) is 6.83. The zero-order valence-corrected chi connectivity index (χ0v) is 12.8. The van der Waals surface area contributed by atoms with Gasteiger partial charge in [0.1, 0.15) is 5.82 Å². The highest BCUT2D eigenvalue weighted by Gasteiger charge is 2.10. The Morgan fingerprint density at radius 1 is 1.19 bits per heavy atom. The zero-order valence-electron chi connectivity index (χ0n) is 12.8. The number of anilines is 3. The predicted octanol–water partition coefficient (Wildman–Crippen LogP) is 3.63. The summed E-state index contributed by atoms with van der Waals surface area (Å²) in [6.45, 7) is 7.75. The summed E-state index contributed by atoms with van der Waals surface area (Å²) in [7, 11) is 0. The molecular weight excluding hydrogens is 264 g/mol. The van der Waals surface area contributed by atoms with Gasteiger partial charge in [-0.05, 0) is 45.9 Å². The van der Waals surface area contributed by atoms with Crippen molar-refractivity contribution in [2.75, 3.05) is 10.6 Å². The van der Waals surface area contributed by atoms with Gasteiger partial charge < -0.3 is 10.6 Å². The smallest absolute Gasteiger partial charge is 0.229 e. The average Bonchev–Trinajstić information content (AvgIpc) is 2.37. The maximum atomic E-state index is 11.4. The van der Waals surface area contributed by atoms with Crippen LogP contribution in [0.2, 0.25) is 0 Å². The van der Waals surface area contributed by atoms with Crippen molar-refractivity contribution < 1.29 is 4.79 Å². The SMILES string of the molecule is CC(=O)c1cccc(Nc2nccc(NC(C)(C)C)n2)c1. The third-order valence-electron chi connectivity index (χ3n) is 2.68. The number of carbonyl (C=O) groups excluding carboxylic acids is 1. The van der Waals surface area contributed by atoms with E-state index in [9.17, 15) is 4.79 Å². The summed E-state index contributed by atoms with van der Waals surface area (Å²) < 4.78 is 0. The standard InChI is InChI=1S/C16H20N4O/c1-11(21)12-6-5-7-13(10-12)18-15-17-9-8-14(19-15)20-16(2,3)4/h5-10H,1-4H3,(H2,17,18,19,20). The fourth-order valence-corrected chi connectivity index (χ4v) is 1.82. The second kappa shape index (κ2) is 5.91. The first kappa shape index (κ1) is 15.0. The Hall–Kier alpha value is -2.43. The van der Waals surface area contributed by atoms with Crippen molar-refractivity contribution in [2.45, 2.75) is 33.2 Å². The van der Waals surface area contributed by atoms with Crippen LogP contribution in [0.1, 0.15) is 38.1 Å². The lowest BCUT2D eigenvalue weighted by Crippen LogP contribution is -2.26. The van der Waals surface area contributed by atoms with Crippen LogP contribution in [0.3, 0.4) is 0 Å². The summed E-state index contributed by atoms with van der Waals surface area (Å²) in [5.41, 5.74) is 1.37. The topological polar surface area (TPSA) is 66.9 Å². The molecule has 2 rings (SSSR count). The molecule has 0 aliphatic carbocycles. The van der Waals surface area contributed by atoms with Gasteiger partial charge in [0.15, 0.2) is 5.78 Å². The Bertz CT molecular complexity index is 647. The van der Waals surface area contributed by atoms with Crippen molar-refractivity contribution in [3.8, 4) is 0 Å². The van der Waals surface area contributed by atoms with Gasteiger partial charge in [0, 0.05) is 23.0 Å². The third-order valence-corrected chi connectivity index (χ3v) is 2.68. The van der Waals surface area contributed by atoms with Crippen LogP contribution in [0.15, 0.2) is 36.5 Å². The lowest BCUT2D eigenvalue weighted by atomic mass is 10.1. The molecule has 0 aliphatic heterocycles. The van der Waals surface area contributed by atoms with Crippen LogP contribution in [-0.2, 0) is 0 Å². The molecule has 0 spiro atoms. The molecule has 1 aromatic carbocycles. The van der Waals surface area contributed by atoms with Crippen molar-refractivity contribution in [1.29, 1.82) is 0 Å². The Kier molecular flexibility index (Phi) is 4.21. The molecule has 0 radical (unpaired) electrons. The Balaban J connectivity index is 2.18. The Morgan fingerprint density at radius 2 is 1.95 bits per heavy atom. The molecule has 0 bridgehead atoms. The van der Waals surface area contributed by atoms with Crippen molar-refractivity contribution in [3.63, 3.8) is 0 Å².